The highest BCUT2D eigenvalue weighted by atomic mass is 16.5. The first-order chi connectivity index (χ1) is 7.58. The van der Waals surface area contributed by atoms with E-state index in [9.17, 15) is 9.59 Å². The number of amides is 2. The highest BCUT2D eigenvalue weighted by molar-refractivity contribution is 5.86. The number of hydrogen-bond acceptors (Lipinski definition) is 3. The van der Waals surface area contributed by atoms with Crippen molar-refractivity contribution in [2.24, 2.45) is 5.73 Å². The van der Waals surface area contributed by atoms with Crippen LogP contribution in [0.4, 0.5) is 0 Å². The van der Waals surface area contributed by atoms with Gasteiger partial charge in [0.2, 0.25) is 11.8 Å². The number of primary amides is 1. The Balaban J connectivity index is 0. The number of rotatable bonds is 7. The molecule has 0 aromatic rings. The summed E-state index contributed by atoms with van der Waals surface area (Å²) >= 11 is 0. The molecule has 5 nitrogen and oxygen atoms in total. The molecule has 0 saturated heterocycles. The second kappa shape index (κ2) is 13.4. The number of carbonyl (C=O) groups excluding carboxylic acids is 2. The van der Waals surface area contributed by atoms with Crippen LogP contribution < -0.4 is 11.1 Å². The van der Waals surface area contributed by atoms with Crippen molar-refractivity contribution >= 4 is 11.8 Å². The van der Waals surface area contributed by atoms with E-state index in [1.807, 2.05) is 0 Å². The van der Waals surface area contributed by atoms with Crippen LogP contribution in [0.1, 0.15) is 19.8 Å². The predicted octanol–water partition coefficient (Wildman–Crippen LogP) is 0.720. The number of unbranched alkanes of at least 4 members (excludes halogenated alkanes) is 1. The van der Waals surface area contributed by atoms with Crippen LogP contribution in [0.25, 0.3) is 0 Å². The minimum absolute atomic E-state index is 0.193. The normalized spacial score (nSPS) is 8.31. The fourth-order valence-electron chi connectivity index (χ4n) is 0.513. The first kappa shape index (κ1) is 16.8. The number of nitrogens with two attached hydrogens (primary N) is 1. The Hall–Kier alpha value is -1.62. The van der Waals surface area contributed by atoms with Gasteiger partial charge in [0.1, 0.15) is 6.73 Å². The molecule has 0 aliphatic carbocycles. The van der Waals surface area contributed by atoms with Gasteiger partial charge in [0.15, 0.2) is 0 Å². The molecule has 0 rings (SSSR count). The van der Waals surface area contributed by atoms with E-state index in [2.05, 4.69) is 31.1 Å². The Kier molecular flexibility index (Phi) is 14.0. The Morgan fingerprint density at radius 3 is 2.31 bits per heavy atom. The Morgan fingerprint density at radius 1 is 1.38 bits per heavy atom. The molecule has 0 aromatic heterocycles. The van der Waals surface area contributed by atoms with E-state index in [1.165, 1.54) is 6.08 Å². The van der Waals surface area contributed by atoms with Gasteiger partial charge in [-0.05, 0) is 18.6 Å². The van der Waals surface area contributed by atoms with Gasteiger partial charge in [-0.2, -0.15) is 0 Å². The van der Waals surface area contributed by atoms with Crippen molar-refractivity contribution < 1.29 is 14.3 Å². The lowest BCUT2D eigenvalue weighted by Crippen LogP contribution is -2.23. The van der Waals surface area contributed by atoms with E-state index in [0.29, 0.717) is 6.61 Å². The lowest BCUT2D eigenvalue weighted by atomic mass is 10.4. The molecule has 0 saturated carbocycles. The molecule has 2 amide bonds. The average Bonchev–Trinajstić information content (AvgIpc) is 2.29. The maximum Gasteiger partial charge on any atom is 0.245 e. The summed E-state index contributed by atoms with van der Waals surface area (Å²) in [5.74, 6) is -0.675. The third-order valence-corrected chi connectivity index (χ3v) is 1.38. The van der Waals surface area contributed by atoms with Gasteiger partial charge in [-0.1, -0.05) is 26.5 Å². The molecule has 0 aliphatic heterocycles. The molecule has 0 atom stereocenters. The standard InChI is InChI=1S/C8H15NO2.C3H5NO/c1-3-5-6-11-7-9-8(10)4-2;1-2-3(4)5/h4H,2-3,5-7H2,1H3,(H,9,10);2H,1H2,(H2,4,5). The minimum atomic E-state index is -0.481. The first-order valence-electron chi connectivity index (χ1n) is 4.98. The summed E-state index contributed by atoms with van der Waals surface area (Å²) in [6.07, 6.45) is 4.42. The fraction of sp³-hybridized carbons (Fsp3) is 0.455. The molecule has 0 fully saturated rings. The lowest BCUT2D eigenvalue weighted by Gasteiger charge is -2.02. The Labute approximate surface area is 96.3 Å². The van der Waals surface area contributed by atoms with Crippen LogP contribution >= 0.6 is 0 Å². The summed E-state index contributed by atoms with van der Waals surface area (Å²) in [4.78, 5) is 20.0. The lowest BCUT2D eigenvalue weighted by molar-refractivity contribution is -0.118. The van der Waals surface area contributed by atoms with E-state index >= 15 is 0 Å². The average molecular weight is 228 g/mol. The van der Waals surface area contributed by atoms with Crippen LogP contribution in [0.2, 0.25) is 0 Å². The van der Waals surface area contributed by atoms with Gasteiger partial charge in [0, 0.05) is 6.61 Å². The topological polar surface area (TPSA) is 81.4 Å². The maximum atomic E-state index is 10.5. The molecular formula is C11H20N2O3. The van der Waals surface area contributed by atoms with Gasteiger partial charge in [-0.15, -0.1) is 0 Å². The van der Waals surface area contributed by atoms with Gasteiger partial charge in [-0.3, -0.25) is 9.59 Å². The Bertz CT molecular complexity index is 227. The van der Waals surface area contributed by atoms with Gasteiger partial charge in [0.05, 0.1) is 0 Å². The zero-order valence-corrected chi connectivity index (χ0v) is 9.70. The third kappa shape index (κ3) is 18.2. The highest BCUT2D eigenvalue weighted by Gasteiger charge is 1.90. The predicted molar refractivity (Wildman–Crippen MR) is 63.5 cm³/mol. The van der Waals surface area contributed by atoms with Crippen molar-refractivity contribution in [1.29, 1.82) is 0 Å². The summed E-state index contributed by atoms with van der Waals surface area (Å²) in [5.41, 5.74) is 4.53. The zero-order valence-electron chi connectivity index (χ0n) is 9.70. The van der Waals surface area contributed by atoms with E-state index in [4.69, 9.17) is 4.74 Å². The molecule has 0 unspecified atom stereocenters. The maximum absolute atomic E-state index is 10.5. The van der Waals surface area contributed by atoms with Crippen LogP contribution in [0.3, 0.4) is 0 Å². The number of ether oxygens (including phenoxy) is 1. The molecule has 16 heavy (non-hydrogen) atoms. The monoisotopic (exact) mass is 228 g/mol. The summed E-state index contributed by atoms with van der Waals surface area (Å²) in [6, 6.07) is 0. The van der Waals surface area contributed by atoms with Gasteiger partial charge < -0.3 is 15.8 Å². The molecule has 5 heteroatoms. The summed E-state index contributed by atoms with van der Waals surface area (Å²) in [6.45, 7) is 9.47. The van der Waals surface area contributed by atoms with E-state index < -0.39 is 5.91 Å². The second-order valence-corrected chi connectivity index (χ2v) is 2.76. The van der Waals surface area contributed by atoms with E-state index in [-0.39, 0.29) is 12.6 Å². The van der Waals surface area contributed by atoms with Gasteiger partial charge in [0.25, 0.3) is 0 Å². The van der Waals surface area contributed by atoms with Crippen LogP contribution in [0.15, 0.2) is 25.3 Å². The van der Waals surface area contributed by atoms with Crippen molar-refractivity contribution in [1.82, 2.24) is 5.32 Å². The fourth-order valence-corrected chi connectivity index (χ4v) is 0.513. The summed E-state index contributed by atoms with van der Waals surface area (Å²) in [5, 5.41) is 2.51. The molecule has 0 radical (unpaired) electrons. The van der Waals surface area contributed by atoms with Gasteiger partial charge >= 0.3 is 0 Å². The number of hydrogen-bond donors (Lipinski definition) is 2. The zero-order chi connectivity index (χ0) is 12.8. The number of carbonyl (C=O) groups is 2. The minimum Gasteiger partial charge on any atom is -0.366 e. The quantitative estimate of drug-likeness (QED) is 0.383. The molecule has 92 valence electrons. The van der Waals surface area contributed by atoms with Gasteiger partial charge in [-0.25, -0.2) is 0 Å². The summed E-state index contributed by atoms with van der Waals surface area (Å²) in [7, 11) is 0. The van der Waals surface area contributed by atoms with Crippen molar-refractivity contribution in [2.45, 2.75) is 19.8 Å². The molecule has 0 bridgehead atoms. The number of nitrogens with one attached hydrogen (secondary N) is 1. The van der Waals surface area contributed by atoms with Crippen LogP contribution in [-0.4, -0.2) is 25.2 Å². The molecular weight excluding hydrogens is 208 g/mol. The van der Waals surface area contributed by atoms with Crippen LogP contribution in [-0.2, 0) is 14.3 Å². The Morgan fingerprint density at radius 2 is 1.94 bits per heavy atom. The van der Waals surface area contributed by atoms with Crippen LogP contribution in [0, 0.1) is 0 Å². The second-order valence-electron chi connectivity index (χ2n) is 2.76. The van der Waals surface area contributed by atoms with E-state index in [0.717, 1.165) is 18.9 Å². The molecule has 0 aromatic carbocycles. The smallest absolute Gasteiger partial charge is 0.245 e. The van der Waals surface area contributed by atoms with Crippen molar-refractivity contribution in [3.8, 4) is 0 Å². The molecule has 0 heterocycles. The van der Waals surface area contributed by atoms with E-state index in [1.54, 1.807) is 0 Å². The molecule has 3 N–H and O–H groups in total. The summed E-state index contributed by atoms with van der Waals surface area (Å²) < 4.78 is 5.07. The highest BCUT2D eigenvalue weighted by Crippen LogP contribution is 1.85. The SMILES string of the molecule is C=CC(=O)NCOCCCC.C=CC(N)=O. The van der Waals surface area contributed by atoms with Crippen LogP contribution in [0.5, 0.6) is 0 Å². The molecule has 0 spiro atoms. The third-order valence-electron chi connectivity index (χ3n) is 1.38. The van der Waals surface area contributed by atoms with Crippen molar-refractivity contribution in [2.75, 3.05) is 13.3 Å². The largest absolute Gasteiger partial charge is 0.366 e. The van der Waals surface area contributed by atoms with Crippen molar-refractivity contribution in [3.63, 3.8) is 0 Å². The molecule has 0 aliphatic rings. The van der Waals surface area contributed by atoms with Crippen molar-refractivity contribution in [3.05, 3.63) is 25.3 Å². The first-order valence-corrected chi connectivity index (χ1v) is 4.98.